The zero-order valence-electron chi connectivity index (χ0n) is 13.1. The number of rotatable bonds is 7. The van der Waals surface area contributed by atoms with Gasteiger partial charge >= 0.3 is 0 Å². The molecule has 0 amide bonds. The summed E-state index contributed by atoms with van der Waals surface area (Å²) in [6.07, 6.45) is -0.509. The molecule has 130 valence electrons. The molecule has 2 aromatic carbocycles. The Morgan fingerprint density at radius 3 is 2.58 bits per heavy atom. The minimum absolute atomic E-state index is 0.000989. The van der Waals surface area contributed by atoms with E-state index >= 15 is 0 Å². The third kappa shape index (κ3) is 4.45. The molecular weight excluding hydrogens is 357 g/mol. The summed E-state index contributed by atoms with van der Waals surface area (Å²) in [6.45, 7) is 0.000989. The molecule has 0 aliphatic carbocycles. The molecule has 8 heteroatoms. The summed E-state index contributed by atoms with van der Waals surface area (Å²) in [5.74, 6) is -0.0375. The Morgan fingerprint density at radius 1 is 1.21 bits per heavy atom. The summed E-state index contributed by atoms with van der Waals surface area (Å²) in [7, 11) is -0.818. The van der Waals surface area contributed by atoms with Gasteiger partial charge in [0.15, 0.2) is 0 Å². The summed E-state index contributed by atoms with van der Waals surface area (Å²) in [6, 6.07) is 10.3. The van der Waals surface area contributed by atoms with Crippen LogP contribution < -0.4 is 9.46 Å². The lowest BCUT2D eigenvalue weighted by Gasteiger charge is -2.17. The van der Waals surface area contributed by atoms with Crippen LogP contribution in [0.3, 0.4) is 0 Å². The van der Waals surface area contributed by atoms with Crippen LogP contribution >= 0.6 is 11.6 Å². The molecule has 0 fully saturated rings. The van der Waals surface area contributed by atoms with Gasteiger partial charge in [0.25, 0.3) is 0 Å². The van der Waals surface area contributed by atoms with Gasteiger partial charge in [-0.3, -0.25) is 0 Å². The average molecular weight is 374 g/mol. The van der Waals surface area contributed by atoms with Crippen LogP contribution in [-0.4, -0.2) is 29.2 Å². The van der Waals surface area contributed by atoms with E-state index in [0.717, 1.165) is 23.8 Å². The first-order chi connectivity index (χ1) is 11.4. The lowest BCUT2D eigenvalue weighted by Crippen LogP contribution is -2.29. The predicted molar refractivity (Wildman–Crippen MR) is 89.3 cm³/mol. The fourth-order valence-corrected chi connectivity index (χ4v) is 3.39. The molecule has 0 bridgehead atoms. The number of methoxy groups -OCH3 is 2. The summed E-state index contributed by atoms with van der Waals surface area (Å²) in [4.78, 5) is -0.116. The summed E-state index contributed by atoms with van der Waals surface area (Å²) in [5, 5.41) is -0.256. The number of halogens is 2. The van der Waals surface area contributed by atoms with Crippen molar-refractivity contribution in [2.75, 3.05) is 20.8 Å². The number of hydrogen-bond donors (Lipinski definition) is 1. The maximum absolute atomic E-state index is 13.2. The van der Waals surface area contributed by atoms with Gasteiger partial charge in [0.05, 0.1) is 23.1 Å². The van der Waals surface area contributed by atoms with E-state index in [9.17, 15) is 12.8 Å². The fraction of sp³-hybridized carbons (Fsp3) is 0.250. The average Bonchev–Trinajstić information content (AvgIpc) is 2.58. The van der Waals surface area contributed by atoms with E-state index in [2.05, 4.69) is 4.72 Å². The molecule has 0 spiro atoms. The minimum Gasteiger partial charge on any atom is -0.497 e. The molecule has 0 aromatic heterocycles. The Bertz CT molecular complexity index is 813. The van der Waals surface area contributed by atoms with Gasteiger partial charge in [0, 0.05) is 13.7 Å². The summed E-state index contributed by atoms with van der Waals surface area (Å²) in [5.41, 5.74) is 0.761. The highest BCUT2D eigenvalue weighted by atomic mass is 35.5. The Hall–Kier alpha value is -1.67. The molecule has 0 aliphatic heterocycles. The molecule has 2 rings (SSSR count). The standard InChI is InChI=1S/C16H17ClFNO4S/c1-22-12-5-3-4-11(8-12)16(23-2)10-19-24(20,21)13-6-7-15(18)14(17)9-13/h3-9,16,19H,10H2,1-2H3/t16-/m0/s1. The second-order valence-electron chi connectivity index (χ2n) is 4.93. The van der Waals surface area contributed by atoms with E-state index in [1.165, 1.54) is 7.11 Å². The molecule has 5 nitrogen and oxygen atoms in total. The van der Waals surface area contributed by atoms with E-state index in [0.29, 0.717) is 5.75 Å². The first kappa shape index (κ1) is 18.7. The van der Waals surface area contributed by atoms with Crippen LogP contribution in [0.1, 0.15) is 11.7 Å². The van der Waals surface area contributed by atoms with Crippen LogP contribution in [0.15, 0.2) is 47.4 Å². The second kappa shape index (κ2) is 7.94. The van der Waals surface area contributed by atoms with Crippen LogP contribution in [0.2, 0.25) is 5.02 Å². The van der Waals surface area contributed by atoms with Crippen molar-refractivity contribution in [1.82, 2.24) is 4.72 Å². The van der Waals surface area contributed by atoms with Crippen molar-refractivity contribution < 1.29 is 22.3 Å². The molecule has 1 atom stereocenters. The number of hydrogen-bond acceptors (Lipinski definition) is 4. The van der Waals surface area contributed by atoms with Crippen LogP contribution in [0.5, 0.6) is 5.75 Å². The number of ether oxygens (including phenoxy) is 2. The summed E-state index contributed by atoms with van der Waals surface area (Å²) < 4.78 is 50.7. The molecule has 0 unspecified atom stereocenters. The first-order valence-electron chi connectivity index (χ1n) is 6.99. The van der Waals surface area contributed by atoms with Gasteiger partial charge in [-0.2, -0.15) is 0 Å². The smallest absolute Gasteiger partial charge is 0.240 e. The van der Waals surface area contributed by atoms with Crippen molar-refractivity contribution in [2.45, 2.75) is 11.0 Å². The minimum atomic E-state index is -3.84. The van der Waals surface area contributed by atoms with E-state index in [1.54, 1.807) is 31.4 Å². The molecule has 0 saturated carbocycles. The summed E-state index contributed by atoms with van der Waals surface area (Å²) >= 11 is 5.63. The van der Waals surface area contributed by atoms with Crippen LogP contribution in [0.25, 0.3) is 0 Å². The third-order valence-electron chi connectivity index (χ3n) is 3.41. The molecule has 24 heavy (non-hydrogen) atoms. The van der Waals surface area contributed by atoms with Gasteiger partial charge in [-0.15, -0.1) is 0 Å². The molecule has 0 heterocycles. The van der Waals surface area contributed by atoms with Crippen molar-refractivity contribution in [3.8, 4) is 5.75 Å². The highest BCUT2D eigenvalue weighted by molar-refractivity contribution is 7.89. The highest BCUT2D eigenvalue weighted by Gasteiger charge is 2.19. The van der Waals surface area contributed by atoms with Crippen LogP contribution in [-0.2, 0) is 14.8 Å². The third-order valence-corrected chi connectivity index (χ3v) is 5.12. The number of nitrogens with one attached hydrogen (secondary N) is 1. The Morgan fingerprint density at radius 2 is 1.96 bits per heavy atom. The van der Waals surface area contributed by atoms with E-state index < -0.39 is 21.9 Å². The highest BCUT2D eigenvalue weighted by Crippen LogP contribution is 2.23. The quantitative estimate of drug-likeness (QED) is 0.809. The van der Waals surface area contributed by atoms with Crippen molar-refractivity contribution in [3.63, 3.8) is 0 Å². The van der Waals surface area contributed by atoms with Crippen LogP contribution in [0, 0.1) is 5.82 Å². The Labute approximate surface area is 145 Å². The molecule has 0 saturated heterocycles. The van der Waals surface area contributed by atoms with E-state index in [1.807, 2.05) is 0 Å². The fourth-order valence-electron chi connectivity index (χ4n) is 2.09. The van der Waals surface area contributed by atoms with Gasteiger partial charge in [0.2, 0.25) is 10.0 Å². The lowest BCUT2D eigenvalue weighted by atomic mass is 10.1. The van der Waals surface area contributed by atoms with Gasteiger partial charge < -0.3 is 9.47 Å². The molecule has 0 aliphatic rings. The van der Waals surface area contributed by atoms with Crippen LogP contribution in [0.4, 0.5) is 4.39 Å². The SMILES string of the molecule is COc1cccc([C@H](CNS(=O)(=O)c2ccc(F)c(Cl)c2)OC)c1. The lowest BCUT2D eigenvalue weighted by molar-refractivity contribution is 0.107. The van der Waals surface area contributed by atoms with Gasteiger partial charge in [0.1, 0.15) is 11.6 Å². The molecule has 1 N–H and O–H groups in total. The maximum Gasteiger partial charge on any atom is 0.240 e. The van der Waals surface area contributed by atoms with E-state index in [-0.39, 0.29) is 16.5 Å². The second-order valence-corrected chi connectivity index (χ2v) is 7.10. The van der Waals surface area contributed by atoms with Gasteiger partial charge in [-0.1, -0.05) is 23.7 Å². The monoisotopic (exact) mass is 373 g/mol. The molecular formula is C16H17ClFNO4S. The number of benzene rings is 2. The first-order valence-corrected chi connectivity index (χ1v) is 8.85. The topological polar surface area (TPSA) is 64.6 Å². The van der Waals surface area contributed by atoms with E-state index in [4.69, 9.17) is 21.1 Å². The molecule has 2 aromatic rings. The Kier molecular flexibility index (Phi) is 6.17. The van der Waals surface area contributed by atoms with Gasteiger partial charge in [-0.05, 0) is 35.9 Å². The zero-order chi connectivity index (χ0) is 17.7. The van der Waals surface area contributed by atoms with Crippen molar-refractivity contribution in [1.29, 1.82) is 0 Å². The predicted octanol–water partition coefficient (Wildman–Crippen LogP) is 3.15. The van der Waals surface area contributed by atoms with Crippen molar-refractivity contribution in [2.24, 2.45) is 0 Å². The Balaban J connectivity index is 2.15. The molecule has 0 radical (unpaired) electrons. The normalized spacial score (nSPS) is 12.8. The maximum atomic E-state index is 13.2. The number of sulfonamides is 1. The van der Waals surface area contributed by atoms with Crippen molar-refractivity contribution >= 4 is 21.6 Å². The van der Waals surface area contributed by atoms with Gasteiger partial charge in [-0.25, -0.2) is 17.5 Å². The van der Waals surface area contributed by atoms with Crippen molar-refractivity contribution in [3.05, 3.63) is 58.9 Å². The largest absolute Gasteiger partial charge is 0.497 e. The zero-order valence-corrected chi connectivity index (χ0v) is 14.7.